The Hall–Kier alpha value is -1.18. The largest absolute Gasteiger partial charge is 0.383 e. The van der Waals surface area contributed by atoms with Crippen molar-refractivity contribution in [3.8, 4) is 0 Å². The van der Waals surface area contributed by atoms with Gasteiger partial charge in [-0.05, 0) is 18.6 Å². The molecule has 0 aliphatic heterocycles. The molecule has 6 nitrogen and oxygen atoms in total. The molecule has 114 valence electrons. The van der Waals surface area contributed by atoms with E-state index in [1.54, 1.807) is 19.2 Å². The summed E-state index contributed by atoms with van der Waals surface area (Å²) in [6.45, 7) is 2.69. The van der Waals surface area contributed by atoms with E-state index in [9.17, 15) is 8.42 Å². The van der Waals surface area contributed by atoms with E-state index in [2.05, 4.69) is 17.2 Å². The van der Waals surface area contributed by atoms with Gasteiger partial charge >= 0.3 is 0 Å². The standard InChI is InChI=1S/C13H23N3O3S/c1-5-6-11(10-19-4)15-13-8-7-12(9-14-13)20(17,18)16(2)3/h7-9,11H,5-6,10H2,1-4H3,(H,14,15). The molecule has 0 aliphatic rings. The summed E-state index contributed by atoms with van der Waals surface area (Å²) in [6, 6.07) is 3.41. The minimum atomic E-state index is -3.42. The van der Waals surface area contributed by atoms with Crippen LogP contribution < -0.4 is 5.32 Å². The minimum absolute atomic E-state index is 0.175. The van der Waals surface area contributed by atoms with Crippen molar-refractivity contribution in [3.63, 3.8) is 0 Å². The number of anilines is 1. The van der Waals surface area contributed by atoms with E-state index in [0.29, 0.717) is 12.4 Å². The van der Waals surface area contributed by atoms with Gasteiger partial charge < -0.3 is 10.1 Å². The summed E-state index contributed by atoms with van der Waals surface area (Å²) in [5.41, 5.74) is 0. The second kappa shape index (κ2) is 7.56. The second-order valence-corrected chi connectivity index (χ2v) is 6.90. The van der Waals surface area contributed by atoms with Crippen molar-refractivity contribution in [2.45, 2.75) is 30.7 Å². The first-order valence-corrected chi connectivity index (χ1v) is 7.99. The summed E-state index contributed by atoms with van der Waals surface area (Å²) >= 11 is 0. The Kier molecular flexibility index (Phi) is 6.38. The molecule has 1 heterocycles. The van der Waals surface area contributed by atoms with Crippen LogP contribution in [-0.4, -0.2) is 51.6 Å². The molecule has 1 unspecified atom stereocenters. The van der Waals surface area contributed by atoms with Gasteiger partial charge in [0.2, 0.25) is 10.0 Å². The molecule has 1 aromatic rings. The first kappa shape index (κ1) is 16.9. The highest BCUT2D eigenvalue weighted by Gasteiger charge is 2.17. The van der Waals surface area contributed by atoms with Gasteiger partial charge in [-0.2, -0.15) is 0 Å². The molecule has 0 aliphatic carbocycles. The number of sulfonamides is 1. The highest BCUT2D eigenvalue weighted by atomic mass is 32.2. The van der Waals surface area contributed by atoms with Crippen molar-refractivity contribution >= 4 is 15.8 Å². The number of nitrogens with one attached hydrogen (secondary N) is 1. The number of methoxy groups -OCH3 is 1. The van der Waals surface area contributed by atoms with Crippen LogP contribution in [0.2, 0.25) is 0 Å². The van der Waals surface area contributed by atoms with Gasteiger partial charge in [0.05, 0.1) is 12.6 Å². The Morgan fingerprint density at radius 2 is 2.10 bits per heavy atom. The predicted octanol–water partition coefficient (Wildman–Crippen LogP) is 1.56. The zero-order chi connectivity index (χ0) is 15.2. The Balaban J connectivity index is 2.81. The predicted molar refractivity (Wildman–Crippen MR) is 79.3 cm³/mol. The van der Waals surface area contributed by atoms with E-state index in [1.807, 2.05) is 0 Å². The lowest BCUT2D eigenvalue weighted by molar-refractivity contribution is 0.182. The van der Waals surface area contributed by atoms with Crippen molar-refractivity contribution in [1.82, 2.24) is 9.29 Å². The maximum absolute atomic E-state index is 11.9. The SMILES string of the molecule is CCCC(COC)Nc1ccc(S(=O)(=O)N(C)C)cn1. The molecular formula is C13H23N3O3S. The van der Waals surface area contributed by atoms with Gasteiger partial charge in [0.25, 0.3) is 0 Å². The van der Waals surface area contributed by atoms with E-state index in [4.69, 9.17) is 4.74 Å². The van der Waals surface area contributed by atoms with Crippen molar-refractivity contribution in [3.05, 3.63) is 18.3 Å². The van der Waals surface area contributed by atoms with Crippen molar-refractivity contribution in [2.75, 3.05) is 33.1 Å². The molecule has 1 rings (SSSR count). The van der Waals surface area contributed by atoms with Gasteiger partial charge in [-0.15, -0.1) is 0 Å². The maximum atomic E-state index is 11.9. The van der Waals surface area contributed by atoms with Crippen molar-refractivity contribution in [2.24, 2.45) is 0 Å². The monoisotopic (exact) mass is 301 g/mol. The number of rotatable bonds is 8. The topological polar surface area (TPSA) is 71.5 Å². The summed E-state index contributed by atoms with van der Waals surface area (Å²) < 4.78 is 30.1. The summed E-state index contributed by atoms with van der Waals surface area (Å²) in [5.74, 6) is 0.651. The Labute approximate surface area is 121 Å². The van der Waals surface area contributed by atoms with Gasteiger partial charge in [-0.1, -0.05) is 13.3 Å². The van der Waals surface area contributed by atoms with E-state index in [0.717, 1.165) is 12.8 Å². The number of nitrogens with zero attached hydrogens (tertiary/aromatic N) is 2. The van der Waals surface area contributed by atoms with Gasteiger partial charge in [0.1, 0.15) is 10.7 Å². The van der Waals surface area contributed by atoms with Crippen molar-refractivity contribution < 1.29 is 13.2 Å². The zero-order valence-corrected chi connectivity index (χ0v) is 13.3. The fraction of sp³-hybridized carbons (Fsp3) is 0.615. The average Bonchev–Trinajstić information content (AvgIpc) is 2.39. The quantitative estimate of drug-likeness (QED) is 0.789. The van der Waals surface area contributed by atoms with Gasteiger partial charge in [0.15, 0.2) is 0 Å². The molecule has 7 heteroatoms. The lowest BCUT2D eigenvalue weighted by Gasteiger charge is -2.18. The third-order valence-corrected chi connectivity index (χ3v) is 4.67. The lowest BCUT2D eigenvalue weighted by atomic mass is 10.2. The molecule has 0 aromatic carbocycles. The summed E-state index contributed by atoms with van der Waals surface area (Å²) in [4.78, 5) is 4.35. The molecule has 1 atom stereocenters. The minimum Gasteiger partial charge on any atom is -0.383 e. The molecule has 1 aromatic heterocycles. The molecular weight excluding hydrogens is 278 g/mol. The number of hydrogen-bond acceptors (Lipinski definition) is 5. The van der Waals surface area contributed by atoms with Gasteiger partial charge in [-0.25, -0.2) is 17.7 Å². The molecule has 1 N–H and O–H groups in total. The third kappa shape index (κ3) is 4.43. The molecule has 0 fully saturated rings. The normalized spacial score (nSPS) is 13.4. The number of aromatic nitrogens is 1. The van der Waals surface area contributed by atoms with E-state index >= 15 is 0 Å². The summed E-state index contributed by atoms with van der Waals surface area (Å²) in [7, 11) is 1.23. The van der Waals surface area contributed by atoms with Crippen LogP contribution in [0.25, 0.3) is 0 Å². The van der Waals surface area contributed by atoms with Gasteiger partial charge in [0, 0.05) is 27.4 Å². The highest BCUT2D eigenvalue weighted by molar-refractivity contribution is 7.89. The van der Waals surface area contributed by atoms with E-state index < -0.39 is 10.0 Å². The van der Waals surface area contributed by atoms with Crippen LogP contribution in [0.15, 0.2) is 23.2 Å². The average molecular weight is 301 g/mol. The van der Waals surface area contributed by atoms with E-state index in [-0.39, 0.29) is 10.9 Å². The van der Waals surface area contributed by atoms with Gasteiger partial charge in [-0.3, -0.25) is 0 Å². The van der Waals surface area contributed by atoms with Crippen LogP contribution in [-0.2, 0) is 14.8 Å². The molecule has 0 radical (unpaired) electrons. The van der Waals surface area contributed by atoms with Crippen LogP contribution in [0, 0.1) is 0 Å². The van der Waals surface area contributed by atoms with Crippen LogP contribution >= 0.6 is 0 Å². The maximum Gasteiger partial charge on any atom is 0.244 e. The first-order chi connectivity index (χ1) is 9.41. The van der Waals surface area contributed by atoms with Crippen molar-refractivity contribution in [1.29, 1.82) is 0 Å². The molecule has 0 amide bonds. The van der Waals surface area contributed by atoms with Crippen LogP contribution in [0.5, 0.6) is 0 Å². The molecule has 0 saturated carbocycles. The van der Waals surface area contributed by atoms with E-state index in [1.165, 1.54) is 24.6 Å². The Morgan fingerprint density at radius 3 is 2.55 bits per heavy atom. The molecule has 0 spiro atoms. The smallest absolute Gasteiger partial charge is 0.244 e. The number of pyridine rings is 1. The third-order valence-electron chi connectivity index (χ3n) is 2.87. The Morgan fingerprint density at radius 1 is 1.40 bits per heavy atom. The van der Waals surface area contributed by atoms with Crippen LogP contribution in [0.1, 0.15) is 19.8 Å². The highest BCUT2D eigenvalue weighted by Crippen LogP contribution is 2.15. The van der Waals surface area contributed by atoms with Crippen LogP contribution in [0.3, 0.4) is 0 Å². The fourth-order valence-corrected chi connectivity index (χ4v) is 2.63. The molecule has 20 heavy (non-hydrogen) atoms. The number of ether oxygens (including phenoxy) is 1. The Bertz CT molecular complexity index is 494. The molecule has 0 bridgehead atoms. The first-order valence-electron chi connectivity index (χ1n) is 6.55. The fourth-order valence-electron chi connectivity index (χ4n) is 1.79. The zero-order valence-electron chi connectivity index (χ0n) is 12.5. The van der Waals surface area contributed by atoms with Crippen LogP contribution in [0.4, 0.5) is 5.82 Å². The molecule has 0 saturated heterocycles. The summed E-state index contributed by atoms with van der Waals surface area (Å²) in [6.07, 6.45) is 3.37. The summed E-state index contributed by atoms with van der Waals surface area (Å²) in [5, 5.41) is 3.24. The second-order valence-electron chi connectivity index (χ2n) is 4.75. The number of hydrogen-bond donors (Lipinski definition) is 1. The lowest BCUT2D eigenvalue weighted by Crippen LogP contribution is -2.25.